The molecule has 0 unspecified atom stereocenters. The van der Waals surface area contributed by atoms with E-state index in [0.717, 1.165) is 0 Å². The van der Waals surface area contributed by atoms with Crippen LogP contribution in [0.5, 0.6) is 5.75 Å². The Morgan fingerprint density at radius 2 is 2.12 bits per heavy atom. The summed E-state index contributed by atoms with van der Waals surface area (Å²) >= 11 is 0. The molecule has 0 heterocycles. The zero-order valence-electron chi connectivity index (χ0n) is 8.97. The molecule has 0 bridgehead atoms. The number of anilines is 1. The topological polar surface area (TPSA) is 64.3 Å². The van der Waals surface area contributed by atoms with Crippen LogP contribution in [0.4, 0.5) is 18.9 Å². The molecule has 0 saturated heterocycles. The van der Waals surface area contributed by atoms with Crippen molar-refractivity contribution in [2.75, 3.05) is 19.4 Å². The van der Waals surface area contributed by atoms with E-state index in [4.69, 9.17) is 10.5 Å². The van der Waals surface area contributed by atoms with Crippen LogP contribution in [-0.4, -0.2) is 25.7 Å². The Hall–Kier alpha value is -1.92. The maximum atomic E-state index is 11.9. The van der Waals surface area contributed by atoms with E-state index in [2.05, 4.69) is 0 Å². The van der Waals surface area contributed by atoms with Crippen molar-refractivity contribution in [1.29, 1.82) is 0 Å². The van der Waals surface area contributed by atoms with Gasteiger partial charge in [0.1, 0.15) is 12.3 Å². The molecule has 3 N–H and O–H groups in total. The predicted octanol–water partition coefficient (Wildman–Crippen LogP) is 1.57. The lowest BCUT2D eigenvalue weighted by Gasteiger charge is -2.10. The minimum absolute atomic E-state index is 0.0558. The average Bonchev–Trinajstić information content (AvgIpc) is 2.25. The molecule has 0 spiro atoms. The second-order valence-corrected chi connectivity index (χ2v) is 3.25. The molecule has 0 aliphatic heterocycles. The fraction of sp³-hybridized carbons (Fsp3) is 0.300. The molecule has 17 heavy (non-hydrogen) atoms. The van der Waals surface area contributed by atoms with Gasteiger partial charge in [-0.3, -0.25) is 4.79 Å². The Bertz CT molecular complexity index is 419. The fourth-order valence-corrected chi connectivity index (χ4v) is 1.13. The van der Waals surface area contributed by atoms with Gasteiger partial charge in [0.15, 0.2) is 0 Å². The number of benzene rings is 1. The zero-order chi connectivity index (χ0) is 13.1. The van der Waals surface area contributed by atoms with Crippen molar-refractivity contribution in [1.82, 2.24) is 5.32 Å². The highest BCUT2D eigenvalue weighted by Gasteiger charge is 2.27. The lowest BCUT2D eigenvalue weighted by molar-refractivity contribution is -0.123. The molecule has 0 atom stereocenters. The molecule has 1 aromatic rings. The molecule has 0 fully saturated rings. The van der Waals surface area contributed by atoms with Crippen LogP contribution in [0.1, 0.15) is 10.4 Å². The molecule has 7 heteroatoms. The van der Waals surface area contributed by atoms with E-state index in [1.54, 1.807) is 5.32 Å². The summed E-state index contributed by atoms with van der Waals surface area (Å²) in [6, 6.07) is 3.99. The van der Waals surface area contributed by atoms with Gasteiger partial charge in [-0.05, 0) is 18.2 Å². The Morgan fingerprint density at radius 3 is 2.65 bits per heavy atom. The van der Waals surface area contributed by atoms with Gasteiger partial charge in [0.05, 0.1) is 12.8 Å². The Morgan fingerprint density at radius 1 is 1.47 bits per heavy atom. The van der Waals surface area contributed by atoms with Gasteiger partial charge in [0.25, 0.3) is 5.91 Å². The average molecular weight is 248 g/mol. The summed E-state index contributed by atoms with van der Waals surface area (Å²) in [7, 11) is 1.35. The van der Waals surface area contributed by atoms with Crippen LogP contribution in [0.25, 0.3) is 0 Å². The van der Waals surface area contributed by atoms with E-state index in [9.17, 15) is 18.0 Å². The summed E-state index contributed by atoms with van der Waals surface area (Å²) in [4.78, 5) is 11.4. The first-order valence-corrected chi connectivity index (χ1v) is 4.62. The minimum atomic E-state index is -4.44. The van der Waals surface area contributed by atoms with Crippen molar-refractivity contribution < 1.29 is 22.7 Å². The highest BCUT2D eigenvalue weighted by Crippen LogP contribution is 2.22. The number of rotatable bonds is 3. The summed E-state index contributed by atoms with van der Waals surface area (Å²) in [5, 5.41) is 1.75. The highest BCUT2D eigenvalue weighted by atomic mass is 19.4. The highest BCUT2D eigenvalue weighted by molar-refractivity contribution is 5.95. The number of carbonyl (C=O) groups excluding carboxylic acids is 1. The molecular formula is C10H11F3N2O2. The predicted molar refractivity (Wildman–Crippen MR) is 55.8 cm³/mol. The lowest BCUT2D eigenvalue weighted by atomic mass is 10.2. The van der Waals surface area contributed by atoms with Gasteiger partial charge in [-0.2, -0.15) is 13.2 Å². The molecule has 4 nitrogen and oxygen atoms in total. The number of carbonyl (C=O) groups is 1. The molecular weight excluding hydrogens is 237 g/mol. The largest absolute Gasteiger partial charge is 0.495 e. The Kier molecular flexibility index (Phi) is 3.82. The van der Waals surface area contributed by atoms with Gasteiger partial charge in [-0.25, -0.2) is 0 Å². The number of halogens is 3. The van der Waals surface area contributed by atoms with Crippen molar-refractivity contribution in [3.63, 3.8) is 0 Å². The Labute approximate surface area is 95.6 Å². The summed E-state index contributed by atoms with van der Waals surface area (Å²) in [6.07, 6.45) is -4.44. The fourth-order valence-electron chi connectivity index (χ4n) is 1.13. The van der Waals surface area contributed by atoms with Crippen molar-refractivity contribution >= 4 is 11.6 Å². The van der Waals surface area contributed by atoms with Crippen molar-refractivity contribution in [3.05, 3.63) is 23.8 Å². The normalized spacial score (nSPS) is 11.1. The van der Waals surface area contributed by atoms with Crippen molar-refractivity contribution in [2.45, 2.75) is 6.18 Å². The molecule has 94 valence electrons. The maximum Gasteiger partial charge on any atom is 0.405 e. The van der Waals surface area contributed by atoms with Gasteiger partial charge in [-0.15, -0.1) is 0 Å². The van der Waals surface area contributed by atoms with Gasteiger partial charge < -0.3 is 15.8 Å². The van der Waals surface area contributed by atoms with Crippen LogP contribution in [0.15, 0.2) is 18.2 Å². The number of nitrogens with one attached hydrogen (secondary N) is 1. The number of nitrogens with two attached hydrogens (primary N) is 1. The second kappa shape index (κ2) is 4.94. The van der Waals surface area contributed by atoms with Gasteiger partial charge in [0.2, 0.25) is 0 Å². The molecule has 1 aromatic carbocycles. The van der Waals surface area contributed by atoms with Gasteiger partial charge in [0, 0.05) is 5.56 Å². The molecule has 1 rings (SSSR count). The van der Waals surface area contributed by atoms with Crippen LogP contribution in [0, 0.1) is 0 Å². The third kappa shape index (κ3) is 3.86. The second-order valence-electron chi connectivity index (χ2n) is 3.25. The van der Waals surface area contributed by atoms with E-state index >= 15 is 0 Å². The van der Waals surface area contributed by atoms with E-state index in [-0.39, 0.29) is 11.3 Å². The first-order valence-electron chi connectivity index (χ1n) is 4.62. The smallest absolute Gasteiger partial charge is 0.405 e. The summed E-state index contributed by atoms with van der Waals surface area (Å²) in [5.74, 6) is -0.592. The van der Waals surface area contributed by atoms with E-state index in [1.807, 2.05) is 0 Å². The monoisotopic (exact) mass is 248 g/mol. The van der Waals surface area contributed by atoms with Crippen LogP contribution >= 0.6 is 0 Å². The van der Waals surface area contributed by atoms with Gasteiger partial charge >= 0.3 is 6.18 Å². The van der Waals surface area contributed by atoms with E-state index in [1.165, 1.54) is 25.3 Å². The number of hydrogen-bond donors (Lipinski definition) is 2. The third-order valence-electron chi connectivity index (χ3n) is 1.95. The van der Waals surface area contributed by atoms with Crippen LogP contribution in [0.3, 0.4) is 0 Å². The molecule has 0 saturated carbocycles. The number of methoxy groups -OCH3 is 1. The first kappa shape index (κ1) is 13.1. The molecule has 0 aliphatic rings. The van der Waals surface area contributed by atoms with Gasteiger partial charge in [-0.1, -0.05) is 0 Å². The SMILES string of the molecule is COc1cc(C(=O)NCC(F)(F)F)ccc1N. The number of nitrogen functional groups attached to an aromatic ring is 1. The van der Waals surface area contributed by atoms with Crippen LogP contribution in [-0.2, 0) is 0 Å². The number of ether oxygens (including phenoxy) is 1. The standard InChI is InChI=1S/C10H11F3N2O2/c1-17-8-4-6(2-3-7(8)14)9(16)15-5-10(11,12)13/h2-4H,5,14H2,1H3,(H,15,16). The molecule has 0 radical (unpaired) electrons. The number of hydrogen-bond acceptors (Lipinski definition) is 3. The van der Waals surface area contributed by atoms with Crippen LogP contribution in [0.2, 0.25) is 0 Å². The lowest BCUT2D eigenvalue weighted by Crippen LogP contribution is -2.33. The molecule has 0 aliphatic carbocycles. The number of amides is 1. The van der Waals surface area contributed by atoms with Crippen molar-refractivity contribution in [2.24, 2.45) is 0 Å². The first-order chi connectivity index (χ1) is 7.83. The number of alkyl halides is 3. The molecule has 1 amide bonds. The van der Waals surface area contributed by atoms with E-state index in [0.29, 0.717) is 5.69 Å². The summed E-state index contributed by atoms with van der Waals surface area (Å²) in [5.41, 5.74) is 5.87. The summed E-state index contributed by atoms with van der Waals surface area (Å²) in [6.45, 7) is -1.38. The van der Waals surface area contributed by atoms with Crippen LogP contribution < -0.4 is 15.8 Å². The van der Waals surface area contributed by atoms with E-state index < -0.39 is 18.6 Å². The third-order valence-corrected chi connectivity index (χ3v) is 1.95. The Balaban J connectivity index is 2.76. The maximum absolute atomic E-state index is 11.9. The van der Waals surface area contributed by atoms with Crippen molar-refractivity contribution in [3.8, 4) is 5.75 Å². The minimum Gasteiger partial charge on any atom is -0.495 e. The summed E-state index contributed by atoms with van der Waals surface area (Å²) < 4.78 is 40.5. The molecule has 0 aromatic heterocycles. The quantitative estimate of drug-likeness (QED) is 0.798. The zero-order valence-corrected chi connectivity index (χ0v) is 8.97.